The molecule has 5 atom stereocenters. The van der Waals surface area contributed by atoms with Crippen molar-refractivity contribution in [3.63, 3.8) is 0 Å². The zero-order chi connectivity index (χ0) is 25.0. The van der Waals surface area contributed by atoms with Crippen molar-refractivity contribution in [1.82, 2.24) is 0 Å². The van der Waals surface area contributed by atoms with Gasteiger partial charge in [-0.15, -0.1) is 0 Å². The molecule has 6 nitrogen and oxygen atoms in total. The fraction of sp³-hybridized carbons (Fsp3) is 0.741. The molecule has 1 fully saturated rings. The van der Waals surface area contributed by atoms with Crippen molar-refractivity contribution in [1.29, 1.82) is 0 Å². The molecule has 0 radical (unpaired) electrons. The van der Waals surface area contributed by atoms with Crippen molar-refractivity contribution in [3.05, 3.63) is 23.3 Å². The van der Waals surface area contributed by atoms with Crippen LogP contribution in [-0.2, 0) is 28.6 Å². The van der Waals surface area contributed by atoms with Crippen molar-refractivity contribution in [2.45, 2.75) is 86.2 Å². The molecule has 0 N–H and O–H groups in total. The van der Waals surface area contributed by atoms with Gasteiger partial charge in [0.25, 0.3) is 0 Å². The molecule has 2 aliphatic carbocycles. The van der Waals surface area contributed by atoms with E-state index >= 15 is 0 Å². The molecule has 1 saturated carbocycles. The first-order chi connectivity index (χ1) is 15.4. The summed E-state index contributed by atoms with van der Waals surface area (Å²) in [7, 11) is 2.81. The average molecular weight is 463 g/mol. The third-order valence-electron chi connectivity index (χ3n) is 7.80. The summed E-state index contributed by atoms with van der Waals surface area (Å²) in [4.78, 5) is 37.4. The number of esters is 3. The molecule has 0 bridgehead atoms. The maximum Gasteiger partial charge on any atom is 0.330 e. The Morgan fingerprint density at radius 2 is 1.82 bits per heavy atom. The van der Waals surface area contributed by atoms with E-state index in [0.717, 1.165) is 31.3 Å². The molecule has 0 aromatic carbocycles. The molecule has 0 saturated heterocycles. The highest BCUT2D eigenvalue weighted by Gasteiger charge is 2.61. The van der Waals surface area contributed by atoms with Gasteiger partial charge in [0.05, 0.1) is 19.6 Å². The average Bonchev–Trinajstić information content (AvgIpc) is 2.71. The monoisotopic (exact) mass is 462 g/mol. The summed E-state index contributed by atoms with van der Waals surface area (Å²) in [5.74, 6) is -0.589. The van der Waals surface area contributed by atoms with Crippen LogP contribution in [-0.4, -0.2) is 38.2 Å². The SMILES string of the molecule is COC(=O)C=C(C)CCC1C(C)=CC(OC(=O)CC(C)C)C2C(C)(C(=O)OC)CCCC12C. The maximum absolute atomic E-state index is 13.1. The Kier molecular flexibility index (Phi) is 8.94. The van der Waals surface area contributed by atoms with Gasteiger partial charge >= 0.3 is 17.9 Å². The number of allylic oxidation sites excluding steroid dienone is 2. The molecule has 6 heteroatoms. The van der Waals surface area contributed by atoms with Gasteiger partial charge in [-0.3, -0.25) is 9.59 Å². The third kappa shape index (κ3) is 5.88. The third-order valence-corrected chi connectivity index (χ3v) is 7.80. The van der Waals surface area contributed by atoms with Crippen molar-refractivity contribution in [3.8, 4) is 0 Å². The number of ether oxygens (including phenoxy) is 3. The minimum absolute atomic E-state index is 0.180. The molecular formula is C27H42O6. The summed E-state index contributed by atoms with van der Waals surface area (Å²) < 4.78 is 16.1. The van der Waals surface area contributed by atoms with Crippen LogP contribution in [0.5, 0.6) is 0 Å². The molecule has 0 aromatic rings. The summed E-state index contributed by atoms with van der Waals surface area (Å²) >= 11 is 0. The fourth-order valence-corrected chi connectivity index (χ4v) is 6.35. The van der Waals surface area contributed by atoms with Gasteiger partial charge in [-0.2, -0.15) is 0 Å². The Balaban J connectivity index is 2.46. The van der Waals surface area contributed by atoms with Gasteiger partial charge in [-0.25, -0.2) is 4.79 Å². The van der Waals surface area contributed by atoms with Crippen LogP contribution in [0.4, 0.5) is 0 Å². The number of fused-ring (bicyclic) bond motifs is 1. The van der Waals surface area contributed by atoms with E-state index in [-0.39, 0.29) is 41.1 Å². The van der Waals surface area contributed by atoms with Crippen LogP contribution < -0.4 is 0 Å². The summed E-state index contributed by atoms with van der Waals surface area (Å²) in [6.45, 7) is 12.2. The second-order valence-corrected chi connectivity index (χ2v) is 10.8. The van der Waals surface area contributed by atoms with Crippen LogP contribution in [0.25, 0.3) is 0 Å². The number of carbonyl (C=O) groups excluding carboxylic acids is 3. The molecule has 2 rings (SSSR count). The van der Waals surface area contributed by atoms with E-state index < -0.39 is 11.5 Å². The molecule has 5 unspecified atom stereocenters. The van der Waals surface area contributed by atoms with E-state index in [1.54, 1.807) is 0 Å². The van der Waals surface area contributed by atoms with Crippen LogP contribution in [0.3, 0.4) is 0 Å². The minimum Gasteiger partial charge on any atom is -0.469 e. The Labute approximate surface area is 199 Å². The summed E-state index contributed by atoms with van der Waals surface area (Å²) in [6, 6.07) is 0. The van der Waals surface area contributed by atoms with Gasteiger partial charge in [0.2, 0.25) is 0 Å². The number of hydrogen-bond donors (Lipinski definition) is 0. The van der Waals surface area contributed by atoms with E-state index in [1.165, 1.54) is 25.9 Å². The summed E-state index contributed by atoms with van der Waals surface area (Å²) in [6.07, 6.45) is 7.64. The first-order valence-corrected chi connectivity index (χ1v) is 12.1. The zero-order valence-corrected chi connectivity index (χ0v) is 21.7. The highest BCUT2D eigenvalue weighted by Crippen LogP contribution is 2.61. The van der Waals surface area contributed by atoms with E-state index in [0.29, 0.717) is 12.8 Å². The lowest BCUT2D eigenvalue weighted by Crippen LogP contribution is -2.58. The highest BCUT2D eigenvalue weighted by atomic mass is 16.5. The molecule has 0 aliphatic heterocycles. The first kappa shape index (κ1) is 27.1. The lowest BCUT2D eigenvalue weighted by Gasteiger charge is -2.58. The van der Waals surface area contributed by atoms with Crippen LogP contribution in [0.2, 0.25) is 0 Å². The molecule has 33 heavy (non-hydrogen) atoms. The maximum atomic E-state index is 13.1. The van der Waals surface area contributed by atoms with Gasteiger partial charge in [-0.05, 0) is 69.8 Å². The van der Waals surface area contributed by atoms with E-state index in [2.05, 4.69) is 19.9 Å². The predicted octanol–water partition coefficient (Wildman–Crippen LogP) is 5.41. The van der Waals surface area contributed by atoms with Gasteiger partial charge in [-0.1, -0.05) is 38.3 Å². The Hall–Kier alpha value is -2.11. The largest absolute Gasteiger partial charge is 0.469 e. The predicted molar refractivity (Wildman–Crippen MR) is 127 cm³/mol. The molecule has 0 aromatic heterocycles. The molecular weight excluding hydrogens is 420 g/mol. The van der Waals surface area contributed by atoms with Crippen LogP contribution in [0.1, 0.15) is 80.1 Å². The number of carbonyl (C=O) groups is 3. The standard InChI is InChI=1S/C27H42O6/c1-17(2)14-23(29)33-21-16-19(4)20(11-10-18(3)15-22(28)31-7)26(5)12-9-13-27(6,24(21)26)25(30)32-8/h15-17,20-21,24H,9-14H2,1-8H3. The van der Waals surface area contributed by atoms with Crippen LogP contribution in [0.15, 0.2) is 23.3 Å². The lowest BCUT2D eigenvalue weighted by atomic mass is 9.47. The first-order valence-electron chi connectivity index (χ1n) is 12.1. The second-order valence-electron chi connectivity index (χ2n) is 10.8. The minimum atomic E-state index is -0.739. The van der Waals surface area contributed by atoms with E-state index in [1.807, 2.05) is 27.7 Å². The van der Waals surface area contributed by atoms with E-state index in [4.69, 9.17) is 14.2 Å². The van der Waals surface area contributed by atoms with Gasteiger partial charge in [0, 0.05) is 18.4 Å². The van der Waals surface area contributed by atoms with Crippen molar-refractivity contribution in [2.75, 3.05) is 14.2 Å². The molecule has 186 valence electrons. The quantitative estimate of drug-likeness (QED) is 0.208. The zero-order valence-electron chi connectivity index (χ0n) is 21.7. The highest BCUT2D eigenvalue weighted by molar-refractivity contribution is 5.82. The number of methoxy groups -OCH3 is 2. The lowest BCUT2D eigenvalue weighted by molar-refractivity contribution is -0.184. The van der Waals surface area contributed by atoms with Crippen LogP contribution >= 0.6 is 0 Å². The van der Waals surface area contributed by atoms with Gasteiger partial charge < -0.3 is 14.2 Å². The van der Waals surface area contributed by atoms with Gasteiger partial charge in [0.1, 0.15) is 6.10 Å². The Morgan fingerprint density at radius 1 is 1.15 bits per heavy atom. The Bertz CT molecular complexity index is 809. The van der Waals surface area contributed by atoms with Crippen molar-refractivity contribution < 1.29 is 28.6 Å². The topological polar surface area (TPSA) is 78.9 Å². The second kappa shape index (κ2) is 10.9. The molecule has 0 heterocycles. The van der Waals surface area contributed by atoms with E-state index in [9.17, 15) is 14.4 Å². The van der Waals surface area contributed by atoms with Crippen molar-refractivity contribution in [2.24, 2.45) is 28.6 Å². The normalized spacial score (nSPS) is 32.0. The molecule has 0 amide bonds. The Morgan fingerprint density at radius 3 is 2.39 bits per heavy atom. The summed E-state index contributed by atoms with van der Waals surface area (Å²) in [5, 5.41) is 0. The summed E-state index contributed by atoms with van der Waals surface area (Å²) in [5.41, 5.74) is 1.16. The molecule has 2 aliphatic rings. The molecule has 0 spiro atoms. The fourth-order valence-electron chi connectivity index (χ4n) is 6.35. The van der Waals surface area contributed by atoms with Crippen LogP contribution in [0, 0.1) is 28.6 Å². The smallest absolute Gasteiger partial charge is 0.330 e. The van der Waals surface area contributed by atoms with Crippen molar-refractivity contribution >= 4 is 17.9 Å². The number of hydrogen-bond acceptors (Lipinski definition) is 6. The number of rotatable bonds is 8. The van der Waals surface area contributed by atoms with Gasteiger partial charge in [0.15, 0.2) is 0 Å².